The van der Waals surface area contributed by atoms with Crippen LogP contribution in [0.2, 0.25) is 0 Å². The van der Waals surface area contributed by atoms with Gasteiger partial charge < -0.3 is 31.5 Å². The summed E-state index contributed by atoms with van der Waals surface area (Å²) in [4.78, 5) is 82.5. The summed E-state index contributed by atoms with van der Waals surface area (Å²) < 4.78 is 15.7. The Kier molecular flexibility index (Phi) is 13.5. The van der Waals surface area contributed by atoms with Gasteiger partial charge in [-0.1, -0.05) is 61.2 Å². The van der Waals surface area contributed by atoms with E-state index in [4.69, 9.17) is 15.5 Å². The average Bonchev–Trinajstić information content (AvgIpc) is 2.99. The second-order valence-corrected chi connectivity index (χ2v) is 13.1. The lowest BCUT2D eigenvalue weighted by atomic mass is 9.80. The van der Waals surface area contributed by atoms with Gasteiger partial charge in [-0.25, -0.2) is 4.57 Å². The van der Waals surface area contributed by atoms with E-state index in [0.717, 1.165) is 24.0 Å². The summed E-state index contributed by atoms with van der Waals surface area (Å²) in [7, 11) is -4.76. The van der Waals surface area contributed by atoms with E-state index < -0.39 is 61.4 Å². The van der Waals surface area contributed by atoms with Gasteiger partial charge in [0, 0.05) is 19.9 Å². The molecule has 8 N–H and O–H groups in total. The van der Waals surface area contributed by atoms with Crippen LogP contribution in [0, 0.1) is 6.92 Å². The Labute approximate surface area is 273 Å². The minimum absolute atomic E-state index is 0.00536. The maximum atomic E-state index is 13.8. The Balaban J connectivity index is 1.70. The predicted molar refractivity (Wildman–Crippen MR) is 173 cm³/mol. The number of rotatable bonds is 16. The largest absolute Gasteiger partial charge is 0.524 e. The lowest BCUT2D eigenvalue weighted by Crippen LogP contribution is -2.65. The maximum absolute atomic E-state index is 13.8. The van der Waals surface area contributed by atoms with Gasteiger partial charge >= 0.3 is 7.82 Å². The Morgan fingerprint density at radius 1 is 0.894 bits per heavy atom. The molecule has 14 nitrogen and oxygen atoms in total. The fraction of sp³-hybridized carbons (Fsp3) is 0.469. The number of phosphoric ester groups is 1. The third kappa shape index (κ3) is 12.5. The molecule has 0 unspecified atom stereocenters. The molecule has 1 fully saturated rings. The van der Waals surface area contributed by atoms with Gasteiger partial charge in [0.25, 0.3) is 0 Å². The van der Waals surface area contributed by atoms with Crippen molar-refractivity contribution in [1.82, 2.24) is 21.3 Å². The summed E-state index contributed by atoms with van der Waals surface area (Å²) in [6, 6.07) is 11.3. The van der Waals surface area contributed by atoms with Gasteiger partial charge in [0.2, 0.25) is 29.5 Å². The molecule has 2 aromatic rings. The van der Waals surface area contributed by atoms with Crippen molar-refractivity contribution in [3.05, 3.63) is 65.2 Å². The zero-order valence-corrected chi connectivity index (χ0v) is 27.5. The van der Waals surface area contributed by atoms with Crippen LogP contribution in [0.15, 0.2) is 48.5 Å². The molecular formula is C32H44N5O9P. The molecule has 2 aromatic carbocycles. The molecule has 256 valence electrons. The summed E-state index contributed by atoms with van der Waals surface area (Å²) >= 11 is 0. The molecule has 1 saturated carbocycles. The van der Waals surface area contributed by atoms with Gasteiger partial charge in [0.1, 0.15) is 23.4 Å². The second kappa shape index (κ2) is 17.1. The van der Waals surface area contributed by atoms with E-state index in [2.05, 4.69) is 25.8 Å². The second-order valence-electron chi connectivity index (χ2n) is 11.9. The molecule has 0 aromatic heterocycles. The van der Waals surface area contributed by atoms with Crippen molar-refractivity contribution >= 4 is 37.4 Å². The Morgan fingerprint density at radius 2 is 1.51 bits per heavy atom. The van der Waals surface area contributed by atoms with Crippen molar-refractivity contribution in [3.63, 3.8) is 0 Å². The van der Waals surface area contributed by atoms with E-state index >= 15 is 0 Å². The highest BCUT2D eigenvalue weighted by Crippen LogP contribution is 2.37. The number of nitrogens with two attached hydrogens (primary N) is 1. The monoisotopic (exact) mass is 673 g/mol. The average molecular weight is 674 g/mol. The number of primary amides is 1. The smallest absolute Gasteiger partial charge is 0.404 e. The zero-order valence-electron chi connectivity index (χ0n) is 26.6. The van der Waals surface area contributed by atoms with E-state index in [0.29, 0.717) is 31.4 Å². The van der Waals surface area contributed by atoms with Crippen LogP contribution < -0.4 is 31.5 Å². The molecule has 0 spiro atoms. The van der Waals surface area contributed by atoms with Crippen molar-refractivity contribution in [3.8, 4) is 5.75 Å². The third-order valence-corrected chi connectivity index (χ3v) is 8.32. The molecule has 0 bridgehead atoms. The Morgan fingerprint density at radius 3 is 2.09 bits per heavy atom. The highest BCUT2D eigenvalue weighted by molar-refractivity contribution is 7.46. The molecular weight excluding hydrogens is 629 g/mol. The number of nitrogens with one attached hydrogen (secondary N) is 4. The number of phosphoric acid groups is 1. The van der Waals surface area contributed by atoms with Crippen LogP contribution in [0.1, 0.15) is 68.6 Å². The fourth-order valence-corrected chi connectivity index (χ4v) is 5.89. The lowest BCUT2D eigenvalue weighted by molar-refractivity contribution is -0.139. The van der Waals surface area contributed by atoms with E-state index in [1.165, 1.54) is 31.2 Å². The number of hydrogen-bond acceptors (Lipinski definition) is 7. The summed E-state index contributed by atoms with van der Waals surface area (Å²) in [5.74, 6) is -3.20. The van der Waals surface area contributed by atoms with Crippen LogP contribution in [0.3, 0.4) is 0 Å². The van der Waals surface area contributed by atoms with Crippen LogP contribution in [-0.4, -0.2) is 63.5 Å². The standard InChI is InChI=1S/C32H44N5O9P/c1-21-8-10-23(11-9-21)7-6-18-34-29(40)27(20-28(33)39)36-31(42)32(16-4-3-5-17-32)37-30(41)26(35-22(2)38)19-24-12-14-25(15-13-24)46-47(43,44)45/h8-15,26-27H,3-7,16-20H2,1-2H3,(H2,33,39)(H,34,40)(H,35,38)(H,36,42)(H,37,41)(H2,43,44,45)/t26-,27-/m0/s1. The third-order valence-electron chi connectivity index (χ3n) is 7.87. The Bertz CT molecular complexity index is 1450. The molecule has 0 saturated heterocycles. The zero-order chi connectivity index (χ0) is 34.6. The number of carbonyl (C=O) groups is 5. The van der Waals surface area contributed by atoms with E-state index in [-0.39, 0.29) is 25.0 Å². The van der Waals surface area contributed by atoms with Gasteiger partial charge in [-0.15, -0.1) is 0 Å². The number of aryl methyl sites for hydroxylation is 2. The fourth-order valence-electron chi connectivity index (χ4n) is 5.49. The molecule has 47 heavy (non-hydrogen) atoms. The molecule has 1 aliphatic carbocycles. The maximum Gasteiger partial charge on any atom is 0.524 e. The molecule has 0 heterocycles. The van der Waals surface area contributed by atoms with Crippen LogP contribution in [0.4, 0.5) is 0 Å². The lowest BCUT2D eigenvalue weighted by Gasteiger charge is -2.38. The normalized spacial score (nSPS) is 15.4. The molecule has 15 heteroatoms. The summed E-state index contributed by atoms with van der Waals surface area (Å²) in [6.07, 6.45) is 3.52. The van der Waals surface area contributed by atoms with Crippen LogP contribution in [-0.2, 0) is 41.4 Å². The summed E-state index contributed by atoms with van der Waals surface area (Å²) in [6.45, 7) is 3.55. The highest BCUT2D eigenvalue weighted by Gasteiger charge is 2.43. The molecule has 0 aliphatic heterocycles. The summed E-state index contributed by atoms with van der Waals surface area (Å²) in [5.41, 5.74) is 6.81. The first-order valence-electron chi connectivity index (χ1n) is 15.5. The van der Waals surface area contributed by atoms with Gasteiger partial charge in [-0.3, -0.25) is 33.8 Å². The highest BCUT2D eigenvalue weighted by atomic mass is 31.2. The number of amides is 5. The van der Waals surface area contributed by atoms with Gasteiger partial charge in [-0.2, -0.15) is 0 Å². The molecule has 2 atom stereocenters. The Hall–Kier alpha value is -4.26. The quantitative estimate of drug-likeness (QED) is 0.101. The first kappa shape index (κ1) is 37.2. The van der Waals surface area contributed by atoms with Crippen LogP contribution in [0.5, 0.6) is 5.75 Å². The summed E-state index contributed by atoms with van der Waals surface area (Å²) in [5, 5.41) is 10.8. The molecule has 5 amide bonds. The minimum Gasteiger partial charge on any atom is -0.404 e. The molecule has 1 aliphatic rings. The first-order chi connectivity index (χ1) is 22.2. The number of hydrogen-bond donors (Lipinski definition) is 7. The van der Waals surface area contributed by atoms with Gasteiger partial charge in [0.15, 0.2) is 0 Å². The molecule has 0 radical (unpaired) electrons. The van der Waals surface area contributed by atoms with Crippen LogP contribution >= 0.6 is 7.82 Å². The van der Waals surface area contributed by atoms with E-state index in [1.807, 2.05) is 31.2 Å². The van der Waals surface area contributed by atoms with Gasteiger partial charge in [-0.05, 0) is 55.9 Å². The van der Waals surface area contributed by atoms with Gasteiger partial charge in [0.05, 0.1) is 6.42 Å². The van der Waals surface area contributed by atoms with Crippen molar-refractivity contribution in [1.29, 1.82) is 0 Å². The van der Waals surface area contributed by atoms with Crippen molar-refractivity contribution < 1.29 is 42.8 Å². The number of carbonyl (C=O) groups excluding carboxylic acids is 5. The minimum atomic E-state index is -4.76. The van der Waals surface area contributed by atoms with Crippen molar-refractivity contribution in [2.75, 3.05) is 6.54 Å². The molecule has 3 rings (SSSR count). The van der Waals surface area contributed by atoms with E-state index in [9.17, 15) is 28.5 Å². The predicted octanol–water partition coefficient (Wildman–Crippen LogP) is 1.44. The SMILES string of the molecule is CC(=O)N[C@@H](Cc1ccc(OP(=O)(O)O)cc1)C(=O)NC1(C(=O)N[C@@H](CC(N)=O)C(=O)NCCCc2ccc(C)cc2)CCCCC1. The van der Waals surface area contributed by atoms with E-state index in [1.54, 1.807) is 0 Å². The van der Waals surface area contributed by atoms with Crippen molar-refractivity contribution in [2.45, 2.75) is 89.3 Å². The van der Waals surface area contributed by atoms with Crippen molar-refractivity contribution in [2.24, 2.45) is 5.73 Å². The topological polar surface area (TPSA) is 226 Å². The first-order valence-corrected chi connectivity index (χ1v) is 17.0. The number of benzene rings is 2. The van der Waals surface area contributed by atoms with Crippen LogP contribution in [0.25, 0.3) is 0 Å².